The van der Waals surface area contributed by atoms with E-state index < -0.39 is 0 Å². The molecule has 20 heavy (non-hydrogen) atoms. The van der Waals surface area contributed by atoms with Crippen molar-refractivity contribution in [3.8, 4) is 0 Å². The molecule has 1 saturated heterocycles. The Kier molecular flexibility index (Phi) is 3.81. The summed E-state index contributed by atoms with van der Waals surface area (Å²) in [5.74, 6) is 0. The summed E-state index contributed by atoms with van der Waals surface area (Å²) >= 11 is 1.70. The van der Waals surface area contributed by atoms with Gasteiger partial charge in [-0.25, -0.2) is 4.98 Å². The fraction of sp³-hybridized carbons (Fsp3) is 0.533. The van der Waals surface area contributed by atoms with Crippen LogP contribution < -0.4 is 10.6 Å². The molecule has 0 aliphatic carbocycles. The van der Waals surface area contributed by atoms with Crippen molar-refractivity contribution in [1.29, 1.82) is 0 Å². The smallest absolute Gasteiger partial charge is 0.0907 e. The lowest BCUT2D eigenvalue weighted by Gasteiger charge is -2.34. The van der Waals surface area contributed by atoms with Gasteiger partial charge >= 0.3 is 0 Å². The highest BCUT2D eigenvalue weighted by Gasteiger charge is 2.21. The van der Waals surface area contributed by atoms with Gasteiger partial charge in [0.25, 0.3) is 0 Å². The van der Waals surface area contributed by atoms with E-state index in [4.69, 9.17) is 10.5 Å². The van der Waals surface area contributed by atoms with E-state index in [1.807, 2.05) is 6.92 Å². The highest BCUT2D eigenvalue weighted by atomic mass is 32.1. The second-order valence-electron chi connectivity index (χ2n) is 5.25. The van der Waals surface area contributed by atoms with Crippen molar-refractivity contribution in [2.24, 2.45) is 0 Å². The molecular weight excluding hydrogens is 270 g/mol. The minimum absolute atomic E-state index is 0.405. The largest absolute Gasteiger partial charge is 0.397 e. The van der Waals surface area contributed by atoms with E-state index in [2.05, 4.69) is 28.9 Å². The maximum atomic E-state index is 6.23. The maximum Gasteiger partial charge on any atom is 0.0907 e. The van der Waals surface area contributed by atoms with Crippen molar-refractivity contribution in [2.75, 3.05) is 30.3 Å². The van der Waals surface area contributed by atoms with Crippen molar-refractivity contribution in [3.05, 3.63) is 17.1 Å². The number of hydrogen-bond acceptors (Lipinski definition) is 5. The standard InChI is InChI=1S/C15H21N3OS/c1-3-19-11-4-6-18(7-5-11)14-9-13-15(8-12(14)16)20-10(2)17-13/h8-9,11H,3-7,16H2,1-2H3. The number of nitrogen functional groups attached to an aromatic ring is 1. The molecule has 1 aliphatic rings. The van der Waals surface area contributed by atoms with E-state index in [1.165, 1.54) is 4.70 Å². The van der Waals surface area contributed by atoms with Crippen LogP contribution in [-0.4, -0.2) is 30.8 Å². The molecule has 0 unspecified atom stereocenters. The van der Waals surface area contributed by atoms with Gasteiger partial charge in [0.05, 0.1) is 32.7 Å². The lowest BCUT2D eigenvalue weighted by Crippen LogP contribution is -2.37. The summed E-state index contributed by atoms with van der Waals surface area (Å²) in [5, 5.41) is 1.09. The van der Waals surface area contributed by atoms with Crippen molar-refractivity contribution in [1.82, 2.24) is 4.98 Å². The SMILES string of the molecule is CCOC1CCN(c2cc3nc(C)sc3cc2N)CC1. The Morgan fingerprint density at radius 1 is 1.40 bits per heavy atom. The summed E-state index contributed by atoms with van der Waals surface area (Å²) < 4.78 is 6.88. The molecule has 3 rings (SSSR count). The molecule has 1 fully saturated rings. The highest BCUT2D eigenvalue weighted by molar-refractivity contribution is 7.18. The van der Waals surface area contributed by atoms with Crippen molar-refractivity contribution < 1.29 is 4.74 Å². The summed E-state index contributed by atoms with van der Waals surface area (Å²) in [4.78, 5) is 6.93. The van der Waals surface area contributed by atoms with Crippen LogP contribution >= 0.6 is 11.3 Å². The average molecular weight is 291 g/mol. The zero-order chi connectivity index (χ0) is 14.1. The number of nitrogens with zero attached hydrogens (tertiary/aromatic N) is 2. The van der Waals surface area contributed by atoms with Crippen LogP contribution in [0.4, 0.5) is 11.4 Å². The van der Waals surface area contributed by atoms with E-state index in [-0.39, 0.29) is 0 Å². The normalized spacial score (nSPS) is 17.0. The maximum absolute atomic E-state index is 6.23. The number of benzene rings is 1. The third-order valence-corrected chi connectivity index (χ3v) is 4.76. The van der Waals surface area contributed by atoms with Crippen molar-refractivity contribution in [2.45, 2.75) is 32.8 Å². The Labute approximate surface area is 123 Å². The van der Waals surface area contributed by atoms with Gasteiger partial charge in [0.2, 0.25) is 0 Å². The molecule has 108 valence electrons. The van der Waals surface area contributed by atoms with Crippen molar-refractivity contribution >= 4 is 32.9 Å². The molecule has 0 bridgehead atoms. The fourth-order valence-corrected chi connectivity index (χ4v) is 3.72. The first-order valence-electron chi connectivity index (χ1n) is 7.20. The minimum Gasteiger partial charge on any atom is -0.397 e. The molecule has 0 saturated carbocycles. The van der Waals surface area contributed by atoms with Gasteiger partial charge in [0, 0.05) is 19.7 Å². The lowest BCUT2D eigenvalue weighted by atomic mass is 10.1. The lowest BCUT2D eigenvalue weighted by molar-refractivity contribution is 0.0459. The van der Waals surface area contributed by atoms with Gasteiger partial charge in [-0.3, -0.25) is 0 Å². The number of fused-ring (bicyclic) bond motifs is 1. The van der Waals surface area contributed by atoms with E-state index in [9.17, 15) is 0 Å². The highest BCUT2D eigenvalue weighted by Crippen LogP contribution is 2.33. The average Bonchev–Trinajstić information content (AvgIpc) is 2.78. The second kappa shape index (κ2) is 5.58. The molecule has 5 heteroatoms. The Hall–Kier alpha value is -1.33. The number of hydrogen-bond donors (Lipinski definition) is 1. The molecule has 0 spiro atoms. The third kappa shape index (κ3) is 2.60. The van der Waals surface area contributed by atoms with Crippen LogP contribution in [-0.2, 0) is 4.74 Å². The van der Waals surface area contributed by atoms with Crippen LogP contribution in [0.2, 0.25) is 0 Å². The number of nitrogens with two attached hydrogens (primary N) is 1. The van der Waals surface area contributed by atoms with Gasteiger partial charge in [-0.1, -0.05) is 0 Å². The Morgan fingerprint density at radius 3 is 2.85 bits per heavy atom. The molecule has 2 N–H and O–H groups in total. The first-order valence-corrected chi connectivity index (χ1v) is 8.02. The molecule has 2 heterocycles. The summed E-state index contributed by atoms with van der Waals surface area (Å²) in [5.41, 5.74) is 9.27. The zero-order valence-electron chi connectivity index (χ0n) is 12.1. The van der Waals surface area contributed by atoms with Gasteiger partial charge in [-0.05, 0) is 38.8 Å². The minimum atomic E-state index is 0.405. The summed E-state index contributed by atoms with van der Waals surface area (Å²) in [6.07, 6.45) is 2.55. The molecular formula is C15H21N3OS. The summed E-state index contributed by atoms with van der Waals surface area (Å²) in [7, 11) is 0. The third-order valence-electron chi connectivity index (χ3n) is 3.83. The Balaban J connectivity index is 1.82. The predicted octanol–water partition coefficient (Wildman–Crippen LogP) is 3.19. The van der Waals surface area contributed by atoms with Crippen LogP contribution in [0.25, 0.3) is 10.2 Å². The van der Waals surface area contributed by atoms with Gasteiger partial charge in [-0.15, -0.1) is 11.3 Å². The number of rotatable bonds is 3. The monoisotopic (exact) mass is 291 g/mol. The number of ether oxygens (including phenoxy) is 1. The van der Waals surface area contributed by atoms with Crippen LogP contribution in [0.15, 0.2) is 12.1 Å². The molecule has 1 aliphatic heterocycles. The number of aryl methyl sites for hydroxylation is 1. The number of anilines is 2. The van der Waals surface area contributed by atoms with Crippen LogP contribution in [0.1, 0.15) is 24.8 Å². The molecule has 2 aromatic rings. The van der Waals surface area contributed by atoms with E-state index in [0.29, 0.717) is 6.10 Å². The number of aromatic nitrogens is 1. The molecule has 1 aromatic heterocycles. The van der Waals surface area contributed by atoms with E-state index >= 15 is 0 Å². The van der Waals surface area contributed by atoms with E-state index in [1.54, 1.807) is 11.3 Å². The first-order chi connectivity index (χ1) is 9.67. The molecule has 4 nitrogen and oxygen atoms in total. The fourth-order valence-electron chi connectivity index (χ4n) is 2.87. The molecule has 0 amide bonds. The summed E-state index contributed by atoms with van der Waals surface area (Å²) in [6.45, 7) is 6.90. The number of piperidine rings is 1. The number of thiazole rings is 1. The first kappa shape index (κ1) is 13.6. The molecule has 0 atom stereocenters. The predicted molar refractivity (Wildman–Crippen MR) is 85.6 cm³/mol. The van der Waals surface area contributed by atoms with Gasteiger partial charge in [0.15, 0.2) is 0 Å². The van der Waals surface area contributed by atoms with Crippen LogP contribution in [0.3, 0.4) is 0 Å². The summed E-state index contributed by atoms with van der Waals surface area (Å²) in [6, 6.07) is 4.19. The Bertz CT molecular complexity index is 602. The van der Waals surface area contributed by atoms with Gasteiger partial charge in [0.1, 0.15) is 0 Å². The second-order valence-corrected chi connectivity index (χ2v) is 6.49. The zero-order valence-corrected chi connectivity index (χ0v) is 12.9. The molecule has 1 aromatic carbocycles. The Morgan fingerprint density at radius 2 is 2.15 bits per heavy atom. The van der Waals surface area contributed by atoms with Crippen molar-refractivity contribution in [3.63, 3.8) is 0 Å². The van der Waals surface area contributed by atoms with Gasteiger partial charge in [-0.2, -0.15) is 0 Å². The topological polar surface area (TPSA) is 51.4 Å². The van der Waals surface area contributed by atoms with Crippen LogP contribution in [0, 0.1) is 6.92 Å². The van der Waals surface area contributed by atoms with Gasteiger partial charge < -0.3 is 15.4 Å². The molecule has 0 radical (unpaired) electrons. The van der Waals surface area contributed by atoms with E-state index in [0.717, 1.165) is 54.4 Å². The van der Waals surface area contributed by atoms with Crippen LogP contribution in [0.5, 0.6) is 0 Å². The quantitative estimate of drug-likeness (QED) is 0.882.